The van der Waals surface area contributed by atoms with Crippen molar-refractivity contribution in [1.82, 2.24) is 4.98 Å². The minimum atomic E-state index is 0.0328. The summed E-state index contributed by atoms with van der Waals surface area (Å²) in [6.07, 6.45) is 1.80. The van der Waals surface area contributed by atoms with E-state index in [0.717, 1.165) is 10.8 Å². The number of fused-ring (bicyclic) bond motifs is 1. The van der Waals surface area contributed by atoms with E-state index in [2.05, 4.69) is 4.98 Å². The average molecular weight is 279 g/mol. The SMILES string of the molecule is CC(C)c1c(O)ccc(-c2cc3ccccc3cn2)c1O. The Morgan fingerprint density at radius 2 is 1.67 bits per heavy atom. The predicted octanol–water partition coefficient (Wildman–Crippen LogP) is 4.44. The highest BCUT2D eigenvalue weighted by molar-refractivity contribution is 5.86. The second kappa shape index (κ2) is 5.09. The summed E-state index contributed by atoms with van der Waals surface area (Å²) in [5, 5.41) is 22.5. The molecule has 21 heavy (non-hydrogen) atoms. The molecule has 0 atom stereocenters. The molecule has 3 rings (SSSR count). The van der Waals surface area contributed by atoms with Gasteiger partial charge in [-0.1, -0.05) is 38.1 Å². The maximum atomic E-state index is 10.5. The zero-order valence-electron chi connectivity index (χ0n) is 12.0. The quantitative estimate of drug-likeness (QED) is 0.729. The molecular formula is C18H17NO2. The van der Waals surface area contributed by atoms with Crippen molar-refractivity contribution in [3.63, 3.8) is 0 Å². The lowest BCUT2D eigenvalue weighted by molar-refractivity contribution is 0.434. The van der Waals surface area contributed by atoms with Crippen molar-refractivity contribution in [2.45, 2.75) is 19.8 Å². The van der Waals surface area contributed by atoms with Crippen molar-refractivity contribution in [3.05, 3.63) is 54.2 Å². The number of hydrogen-bond acceptors (Lipinski definition) is 3. The summed E-state index contributed by atoms with van der Waals surface area (Å²) in [4.78, 5) is 4.43. The molecule has 0 unspecified atom stereocenters. The van der Waals surface area contributed by atoms with Crippen LogP contribution in [0.2, 0.25) is 0 Å². The van der Waals surface area contributed by atoms with E-state index in [1.807, 2.05) is 44.2 Å². The Bertz CT molecular complexity index is 809. The Kier molecular flexibility index (Phi) is 3.26. The monoisotopic (exact) mass is 279 g/mol. The van der Waals surface area contributed by atoms with Gasteiger partial charge in [-0.15, -0.1) is 0 Å². The average Bonchev–Trinajstić information content (AvgIpc) is 2.46. The summed E-state index contributed by atoms with van der Waals surface area (Å²) in [5.41, 5.74) is 1.90. The third kappa shape index (κ3) is 2.31. The predicted molar refractivity (Wildman–Crippen MR) is 84.6 cm³/mol. The molecule has 0 aliphatic heterocycles. The number of phenolic OH excluding ortho intramolecular Hbond substituents is 2. The molecular weight excluding hydrogens is 262 g/mol. The van der Waals surface area contributed by atoms with Gasteiger partial charge in [0.15, 0.2) is 0 Å². The van der Waals surface area contributed by atoms with Gasteiger partial charge < -0.3 is 10.2 Å². The molecule has 0 saturated heterocycles. The summed E-state index contributed by atoms with van der Waals surface area (Å²) < 4.78 is 0. The number of hydrogen-bond donors (Lipinski definition) is 2. The first-order valence-electron chi connectivity index (χ1n) is 6.98. The van der Waals surface area contributed by atoms with E-state index in [1.165, 1.54) is 0 Å². The summed E-state index contributed by atoms with van der Waals surface area (Å²) >= 11 is 0. The summed E-state index contributed by atoms with van der Waals surface area (Å²) in [6, 6.07) is 13.2. The first-order chi connectivity index (χ1) is 10.1. The minimum Gasteiger partial charge on any atom is -0.508 e. The van der Waals surface area contributed by atoms with E-state index in [1.54, 1.807) is 18.3 Å². The van der Waals surface area contributed by atoms with Crippen molar-refractivity contribution in [1.29, 1.82) is 0 Å². The van der Waals surface area contributed by atoms with Crippen molar-refractivity contribution in [2.24, 2.45) is 0 Å². The highest BCUT2D eigenvalue weighted by Gasteiger charge is 2.17. The van der Waals surface area contributed by atoms with Crippen LogP contribution in [-0.4, -0.2) is 15.2 Å². The van der Waals surface area contributed by atoms with Gasteiger partial charge in [-0.2, -0.15) is 0 Å². The first kappa shape index (κ1) is 13.4. The standard InChI is InChI=1S/C18H17NO2/c1-11(2)17-16(20)8-7-14(18(17)21)15-9-12-5-3-4-6-13(12)10-19-15/h3-11,20-21H,1-2H3. The maximum absolute atomic E-state index is 10.5. The Morgan fingerprint density at radius 1 is 0.952 bits per heavy atom. The molecule has 3 nitrogen and oxygen atoms in total. The molecule has 2 N–H and O–H groups in total. The van der Waals surface area contributed by atoms with Crippen LogP contribution in [0.25, 0.3) is 22.0 Å². The molecule has 3 heteroatoms. The molecule has 1 aromatic heterocycles. The molecule has 0 fully saturated rings. The lowest BCUT2D eigenvalue weighted by Crippen LogP contribution is -1.93. The molecule has 2 aromatic carbocycles. The van der Waals surface area contributed by atoms with E-state index in [0.29, 0.717) is 16.8 Å². The van der Waals surface area contributed by atoms with Gasteiger partial charge in [0.05, 0.1) is 5.69 Å². The van der Waals surface area contributed by atoms with Crippen molar-refractivity contribution in [2.75, 3.05) is 0 Å². The largest absolute Gasteiger partial charge is 0.508 e. The topological polar surface area (TPSA) is 53.4 Å². The smallest absolute Gasteiger partial charge is 0.132 e. The Labute approximate surface area is 123 Å². The molecule has 1 heterocycles. The Hall–Kier alpha value is -2.55. The van der Waals surface area contributed by atoms with Crippen LogP contribution in [0, 0.1) is 0 Å². The van der Waals surface area contributed by atoms with Gasteiger partial charge in [-0.05, 0) is 29.5 Å². The van der Waals surface area contributed by atoms with E-state index < -0.39 is 0 Å². The zero-order chi connectivity index (χ0) is 15.0. The summed E-state index contributed by atoms with van der Waals surface area (Å²) in [6.45, 7) is 3.87. The van der Waals surface area contributed by atoms with Crippen LogP contribution in [0.15, 0.2) is 48.7 Å². The lowest BCUT2D eigenvalue weighted by atomic mass is 9.96. The van der Waals surface area contributed by atoms with Crippen LogP contribution >= 0.6 is 0 Å². The van der Waals surface area contributed by atoms with Crippen LogP contribution in [-0.2, 0) is 0 Å². The number of benzene rings is 2. The second-order valence-electron chi connectivity index (χ2n) is 5.47. The molecule has 0 saturated carbocycles. The number of aromatic nitrogens is 1. The van der Waals surface area contributed by atoms with Crippen molar-refractivity contribution in [3.8, 4) is 22.8 Å². The highest BCUT2D eigenvalue weighted by Crippen LogP contribution is 2.40. The van der Waals surface area contributed by atoms with E-state index >= 15 is 0 Å². The Morgan fingerprint density at radius 3 is 2.38 bits per heavy atom. The van der Waals surface area contributed by atoms with Crippen LogP contribution in [0.5, 0.6) is 11.5 Å². The fourth-order valence-electron chi connectivity index (χ4n) is 2.60. The summed E-state index contributed by atoms with van der Waals surface area (Å²) in [5.74, 6) is 0.255. The minimum absolute atomic E-state index is 0.0328. The first-order valence-corrected chi connectivity index (χ1v) is 6.98. The second-order valence-corrected chi connectivity index (χ2v) is 5.47. The Balaban J connectivity index is 2.21. The van der Waals surface area contributed by atoms with Crippen LogP contribution in [0.1, 0.15) is 25.3 Å². The van der Waals surface area contributed by atoms with Crippen LogP contribution in [0.3, 0.4) is 0 Å². The van der Waals surface area contributed by atoms with E-state index in [4.69, 9.17) is 0 Å². The number of pyridine rings is 1. The van der Waals surface area contributed by atoms with E-state index in [-0.39, 0.29) is 17.4 Å². The number of nitrogens with zero attached hydrogens (tertiary/aromatic N) is 1. The molecule has 0 spiro atoms. The molecule has 0 bridgehead atoms. The number of rotatable bonds is 2. The van der Waals surface area contributed by atoms with Gasteiger partial charge >= 0.3 is 0 Å². The zero-order valence-corrected chi connectivity index (χ0v) is 12.0. The third-order valence-electron chi connectivity index (χ3n) is 3.68. The number of aromatic hydroxyl groups is 2. The summed E-state index contributed by atoms with van der Waals surface area (Å²) in [7, 11) is 0. The lowest BCUT2D eigenvalue weighted by Gasteiger charge is -2.14. The van der Waals surface area contributed by atoms with Crippen LogP contribution in [0.4, 0.5) is 0 Å². The fourth-order valence-corrected chi connectivity index (χ4v) is 2.60. The van der Waals surface area contributed by atoms with Gasteiger partial charge in [0.2, 0.25) is 0 Å². The van der Waals surface area contributed by atoms with Gasteiger partial charge in [0.1, 0.15) is 11.5 Å². The van der Waals surface area contributed by atoms with Gasteiger partial charge in [0.25, 0.3) is 0 Å². The molecule has 0 radical (unpaired) electrons. The highest BCUT2D eigenvalue weighted by atomic mass is 16.3. The molecule has 0 amide bonds. The van der Waals surface area contributed by atoms with Gasteiger partial charge in [0, 0.05) is 22.7 Å². The maximum Gasteiger partial charge on any atom is 0.132 e. The molecule has 106 valence electrons. The molecule has 3 aromatic rings. The number of phenols is 2. The van der Waals surface area contributed by atoms with Crippen molar-refractivity contribution >= 4 is 10.8 Å². The third-order valence-corrected chi connectivity index (χ3v) is 3.68. The van der Waals surface area contributed by atoms with Crippen LogP contribution < -0.4 is 0 Å². The van der Waals surface area contributed by atoms with Gasteiger partial charge in [-0.25, -0.2) is 0 Å². The van der Waals surface area contributed by atoms with Crippen molar-refractivity contribution < 1.29 is 10.2 Å². The van der Waals surface area contributed by atoms with Gasteiger partial charge in [-0.3, -0.25) is 4.98 Å². The molecule has 0 aliphatic carbocycles. The normalized spacial score (nSPS) is 11.2. The fraction of sp³-hybridized carbons (Fsp3) is 0.167. The molecule has 0 aliphatic rings. The van der Waals surface area contributed by atoms with E-state index in [9.17, 15) is 10.2 Å².